The maximum absolute atomic E-state index is 13.9. The SMILES string of the molecule is O=C(Nc1ccc(F)cc1NC(=O)c1ccc(=O)n(-c2ccccc2)n1)c1ccccn1. The molecule has 0 atom stereocenters. The molecule has 4 rings (SSSR count). The minimum atomic E-state index is -0.686. The lowest BCUT2D eigenvalue weighted by Gasteiger charge is -2.13. The van der Waals surface area contributed by atoms with E-state index in [1.165, 1.54) is 30.5 Å². The topological polar surface area (TPSA) is 106 Å². The van der Waals surface area contributed by atoms with Crippen molar-refractivity contribution in [3.8, 4) is 5.69 Å². The summed E-state index contributed by atoms with van der Waals surface area (Å²) in [6.07, 6.45) is 1.47. The number of hydrogen-bond donors (Lipinski definition) is 2. The summed E-state index contributed by atoms with van der Waals surface area (Å²) in [6.45, 7) is 0. The smallest absolute Gasteiger partial charge is 0.276 e. The molecule has 2 N–H and O–H groups in total. The van der Waals surface area contributed by atoms with Crippen molar-refractivity contribution < 1.29 is 14.0 Å². The van der Waals surface area contributed by atoms with Crippen LogP contribution in [0.3, 0.4) is 0 Å². The highest BCUT2D eigenvalue weighted by Crippen LogP contribution is 2.24. The van der Waals surface area contributed by atoms with Gasteiger partial charge in [0.15, 0.2) is 0 Å². The van der Waals surface area contributed by atoms with Crippen LogP contribution in [-0.2, 0) is 0 Å². The van der Waals surface area contributed by atoms with Crippen LogP contribution in [-0.4, -0.2) is 26.6 Å². The van der Waals surface area contributed by atoms with E-state index in [2.05, 4.69) is 20.7 Å². The fourth-order valence-corrected chi connectivity index (χ4v) is 2.89. The Morgan fingerprint density at radius 2 is 1.50 bits per heavy atom. The second kappa shape index (κ2) is 9.00. The Balaban J connectivity index is 1.61. The number of nitrogens with zero attached hydrogens (tertiary/aromatic N) is 3. The van der Waals surface area contributed by atoms with Gasteiger partial charge in [-0.3, -0.25) is 19.4 Å². The van der Waals surface area contributed by atoms with Gasteiger partial charge in [0.05, 0.1) is 17.1 Å². The van der Waals surface area contributed by atoms with Gasteiger partial charge in [0.1, 0.15) is 17.2 Å². The van der Waals surface area contributed by atoms with Crippen LogP contribution in [0.5, 0.6) is 0 Å². The van der Waals surface area contributed by atoms with E-state index in [9.17, 15) is 18.8 Å². The lowest BCUT2D eigenvalue weighted by Crippen LogP contribution is -2.25. The molecule has 2 heterocycles. The molecule has 2 aromatic heterocycles. The number of rotatable bonds is 5. The van der Waals surface area contributed by atoms with Crippen LogP contribution in [0.15, 0.2) is 89.9 Å². The second-order valence-corrected chi connectivity index (χ2v) is 6.62. The number of benzene rings is 2. The zero-order valence-electron chi connectivity index (χ0n) is 16.5. The monoisotopic (exact) mass is 429 g/mol. The first-order chi connectivity index (χ1) is 15.5. The molecule has 0 unspecified atom stereocenters. The first kappa shape index (κ1) is 20.6. The molecule has 0 bridgehead atoms. The number of anilines is 2. The van der Waals surface area contributed by atoms with E-state index in [0.717, 1.165) is 16.8 Å². The van der Waals surface area contributed by atoms with E-state index >= 15 is 0 Å². The molecule has 2 aromatic carbocycles. The van der Waals surface area contributed by atoms with Crippen molar-refractivity contribution in [3.05, 3.63) is 113 Å². The third-order valence-electron chi connectivity index (χ3n) is 4.41. The van der Waals surface area contributed by atoms with Crippen LogP contribution in [0.25, 0.3) is 5.69 Å². The van der Waals surface area contributed by atoms with Gasteiger partial charge >= 0.3 is 0 Å². The summed E-state index contributed by atoms with van der Waals surface area (Å²) in [6, 6.07) is 19.5. The average Bonchev–Trinajstić information content (AvgIpc) is 2.82. The first-order valence-electron chi connectivity index (χ1n) is 9.50. The van der Waals surface area contributed by atoms with E-state index in [1.54, 1.807) is 42.5 Å². The first-order valence-corrected chi connectivity index (χ1v) is 9.50. The molecular formula is C23H16FN5O3. The fourth-order valence-electron chi connectivity index (χ4n) is 2.89. The van der Waals surface area contributed by atoms with Gasteiger partial charge in [-0.25, -0.2) is 4.39 Å². The number of para-hydroxylation sites is 1. The van der Waals surface area contributed by atoms with Crippen molar-refractivity contribution in [2.75, 3.05) is 10.6 Å². The molecule has 9 heteroatoms. The Kier molecular flexibility index (Phi) is 5.80. The summed E-state index contributed by atoms with van der Waals surface area (Å²) in [7, 11) is 0. The number of aromatic nitrogens is 3. The van der Waals surface area contributed by atoms with Crippen LogP contribution in [0.2, 0.25) is 0 Å². The Hall–Kier alpha value is -4.66. The molecule has 0 saturated carbocycles. The summed E-state index contributed by atoms with van der Waals surface area (Å²) in [5, 5.41) is 9.23. The number of amides is 2. The van der Waals surface area contributed by atoms with Gasteiger partial charge in [0.25, 0.3) is 17.4 Å². The van der Waals surface area contributed by atoms with Gasteiger partial charge in [-0.1, -0.05) is 24.3 Å². The number of pyridine rings is 1. The zero-order valence-corrected chi connectivity index (χ0v) is 16.5. The zero-order chi connectivity index (χ0) is 22.5. The van der Waals surface area contributed by atoms with Crippen LogP contribution < -0.4 is 16.2 Å². The van der Waals surface area contributed by atoms with E-state index in [1.807, 2.05) is 0 Å². The quantitative estimate of drug-likeness (QED) is 0.507. The normalized spacial score (nSPS) is 10.4. The van der Waals surface area contributed by atoms with Gasteiger partial charge in [-0.15, -0.1) is 0 Å². The van der Waals surface area contributed by atoms with Crippen molar-refractivity contribution >= 4 is 23.2 Å². The van der Waals surface area contributed by atoms with Crippen LogP contribution >= 0.6 is 0 Å². The highest BCUT2D eigenvalue weighted by atomic mass is 19.1. The molecule has 0 saturated heterocycles. The Bertz CT molecular complexity index is 1340. The molecule has 0 aliphatic carbocycles. The lowest BCUT2D eigenvalue weighted by atomic mass is 10.2. The maximum Gasteiger partial charge on any atom is 0.276 e. The number of carbonyl (C=O) groups excluding carboxylic acids is 2. The van der Waals surface area contributed by atoms with Crippen molar-refractivity contribution in [2.45, 2.75) is 0 Å². The van der Waals surface area contributed by atoms with E-state index in [4.69, 9.17) is 0 Å². The lowest BCUT2D eigenvalue weighted by molar-refractivity contribution is 0.101. The number of nitrogens with one attached hydrogen (secondary N) is 2. The minimum Gasteiger partial charge on any atom is -0.319 e. The molecular weight excluding hydrogens is 413 g/mol. The predicted molar refractivity (Wildman–Crippen MR) is 116 cm³/mol. The van der Waals surface area contributed by atoms with Crippen molar-refractivity contribution in [3.63, 3.8) is 0 Å². The molecule has 0 aliphatic heterocycles. The number of halogens is 1. The minimum absolute atomic E-state index is 0.0264. The summed E-state index contributed by atoms with van der Waals surface area (Å²) < 4.78 is 14.9. The predicted octanol–water partition coefficient (Wildman–Crippen LogP) is 3.27. The summed E-state index contributed by atoms with van der Waals surface area (Å²) >= 11 is 0. The highest BCUT2D eigenvalue weighted by Gasteiger charge is 2.16. The molecule has 8 nitrogen and oxygen atoms in total. The molecule has 2 amide bonds. The van der Waals surface area contributed by atoms with E-state index in [-0.39, 0.29) is 22.8 Å². The highest BCUT2D eigenvalue weighted by molar-refractivity contribution is 6.08. The van der Waals surface area contributed by atoms with Crippen molar-refractivity contribution in [1.82, 2.24) is 14.8 Å². The van der Waals surface area contributed by atoms with E-state index in [0.29, 0.717) is 5.69 Å². The Labute approximate surface area is 181 Å². The molecule has 0 radical (unpaired) electrons. The van der Waals surface area contributed by atoms with Crippen LogP contribution in [0.4, 0.5) is 15.8 Å². The Morgan fingerprint density at radius 1 is 0.781 bits per heavy atom. The fraction of sp³-hybridized carbons (Fsp3) is 0. The molecule has 32 heavy (non-hydrogen) atoms. The second-order valence-electron chi connectivity index (χ2n) is 6.62. The van der Waals surface area contributed by atoms with E-state index < -0.39 is 23.2 Å². The third kappa shape index (κ3) is 4.57. The number of carbonyl (C=O) groups is 2. The van der Waals surface area contributed by atoms with Gasteiger partial charge < -0.3 is 10.6 Å². The summed E-state index contributed by atoms with van der Waals surface area (Å²) in [4.78, 5) is 41.3. The van der Waals surface area contributed by atoms with Gasteiger partial charge in [-0.05, 0) is 48.5 Å². The summed E-state index contributed by atoms with van der Waals surface area (Å²) in [5.74, 6) is -1.82. The van der Waals surface area contributed by atoms with Crippen molar-refractivity contribution in [2.24, 2.45) is 0 Å². The van der Waals surface area contributed by atoms with Gasteiger partial charge in [0.2, 0.25) is 0 Å². The molecule has 0 spiro atoms. The maximum atomic E-state index is 13.9. The number of hydrogen-bond acceptors (Lipinski definition) is 5. The molecule has 0 aliphatic rings. The third-order valence-corrected chi connectivity index (χ3v) is 4.41. The average molecular weight is 429 g/mol. The standard InChI is InChI=1S/C23H16FN5O3/c24-15-9-10-17(26-22(31)18-8-4-5-13-25-18)20(14-15)27-23(32)19-11-12-21(30)29(28-19)16-6-2-1-3-7-16/h1-14H,(H,26,31)(H,27,32). The van der Waals surface area contributed by atoms with Gasteiger partial charge in [0, 0.05) is 12.3 Å². The largest absolute Gasteiger partial charge is 0.319 e. The molecule has 4 aromatic rings. The van der Waals surface area contributed by atoms with Crippen LogP contribution in [0, 0.1) is 5.82 Å². The van der Waals surface area contributed by atoms with Crippen LogP contribution in [0.1, 0.15) is 21.0 Å². The van der Waals surface area contributed by atoms with Crippen molar-refractivity contribution in [1.29, 1.82) is 0 Å². The Morgan fingerprint density at radius 3 is 2.25 bits per heavy atom. The van der Waals surface area contributed by atoms with Gasteiger partial charge in [-0.2, -0.15) is 9.78 Å². The molecule has 0 fully saturated rings. The summed E-state index contributed by atoms with van der Waals surface area (Å²) in [5.41, 5.74) is 0.360. The molecule has 158 valence electrons.